The lowest BCUT2D eigenvalue weighted by molar-refractivity contribution is -0.274. The Labute approximate surface area is 198 Å². The summed E-state index contributed by atoms with van der Waals surface area (Å²) in [5.41, 5.74) is 1.55. The predicted octanol–water partition coefficient (Wildman–Crippen LogP) is 4.58. The molecule has 0 aliphatic carbocycles. The van der Waals surface area contributed by atoms with Gasteiger partial charge in [0.15, 0.2) is 0 Å². The van der Waals surface area contributed by atoms with Crippen LogP contribution in [0, 0.1) is 18.3 Å². The first-order valence-electron chi connectivity index (χ1n) is 10.8. The van der Waals surface area contributed by atoms with Gasteiger partial charge in [0.1, 0.15) is 33.5 Å². The van der Waals surface area contributed by atoms with Gasteiger partial charge in [0.2, 0.25) is 0 Å². The molecule has 1 fully saturated rings. The SMILES string of the molecule is CCNc1ccc(OC(F)(F)F)cn1.Cc1nc2c(N3CCCCC3)c(C#N)c(=O)n(C)c2s1. The number of nitrogens with zero attached hydrogens (tertiary/aromatic N) is 5. The monoisotopic (exact) mass is 494 g/mol. The molecule has 0 spiro atoms. The van der Waals surface area contributed by atoms with Crippen molar-refractivity contribution in [3.63, 3.8) is 0 Å². The van der Waals surface area contributed by atoms with Crippen molar-refractivity contribution < 1.29 is 17.9 Å². The van der Waals surface area contributed by atoms with Crippen LogP contribution in [0.15, 0.2) is 23.1 Å². The van der Waals surface area contributed by atoms with Crippen LogP contribution in [0.1, 0.15) is 36.8 Å². The zero-order chi connectivity index (χ0) is 24.9. The molecule has 4 heterocycles. The number of rotatable bonds is 4. The average molecular weight is 495 g/mol. The minimum absolute atomic E-state index is 0.218. The van der Waals surface area contributed by atoms with Crippen molar-refractivity contribution in [3.8, 4) is 11.8 Å². The number of hydrogen-bond acceptors (Lipinski definition) is 8. The first-order valence-corrected chi connectivity index (χ1v) is 11.6. The highest BCUT2D eigenvalue weighted by molar-refractivity contribution is 7.18. The van der Waals surface area contributed by atoms with E-state index < -0.39 is 6.36 Å². The molecule has 0 bridgehead atoms. The van der Waals surface area contributed by atoms with Crippen LogP contribution in [0.4, 0.5) is 24.7 Å². The van der Waals surface area contributed by atoms with Crippen molar-refractivity contribution in [2.75, 3.05) is 29.9 Å². The number of piperidine rings is 1. The van der Waals surface area contributed by atoms with E-state index in [2.05, 4.69) is 31.0 Å². The van der Waals surface area contributed by atoms with Gasteiger partial charge in [-0.1, -0.05) is 0 Å². The largest absolute Gasteiger partial charge is 0.573 e. The molecule has 4 rings (SSSR count). The average Bonchev–Trinajstić information content (AvgIpc) is 3.19. The molecule has 0 atom stereocenters. The molecule has 12 heteroatoms. The lowest BCUT2D eigenvalue weighted by Crippen LogP contribution is -2.33. The summed E-state index contributed by atoms with van der Waals surface area (Å²) in [4.78, 5) is 23.7. The van der Waals surface area contributed by atoms with Crippen LogP contribution in [-0.2, 0) is 7.05 Å². The Balaban J connectivity index is 0.000000204. The smallest absolute Gasteiger partial charge is 0.404 e. The number of halogens is 3. The van der Waals surface area contributed by atoms with E-state index in [9.17, 15) is 23.2 Å². The van der Waals surface area contributed by atoms with Gasteiger partial charge in [-0.25, -0.2) is 9.97 Å². The standard InChI is InChI=1S/C14H16N4OS.C8H9F3N2O/c1-9-16-11-12(18-6-4-3-5-7-18)10(8-15)13(19)17(2)14(11)20-9;1-2-12-7-4-3-6(5-13-7)14-8(9,10)11/h3-7H2,1-2H3;3-5H,2H2,1H3,(H,12,13). The van der Waals surface area contributed by atoms with Crippen LogP contribution in [0.5, 0.6) is 5.75 Å². The number of thiazole rings is 1. The molecule has 8 nitrogen and oxygen atoms in total. The van der Waals surface area contributed by atoms with Gasteiger partial charge in [-0.3, -0.25) is 4.79 Å². The van der Waals surface area contributed by atoms with Gasteiger partial charge in [0, 0.05) is 26.7 Å². The van der Waals surface area contributed by atoms with Crippen molar-refractivity contribution in [2.45, 2.75) is 39.5 Å². The van der Waals surface area contributed by atoms with E-state index in [1.54, 1.807) is 11.6 Å². The summed E-state index contributed by atoms with van der Waals surface area (Å²) in [6.45, 7) is 6.25. The number of nitrogens with one attached hydrogen (secondary N) is 1. The van der Waals surface area contributed by atoms with E-state index in [1.807, 2.05) is 13.8 Å². The number of hydrogen-bond donors (Lipinski definition) is 1. The number of fused-ring (bicyclic) bond motifs is 1. The minimum atomic E-state index is -4.67. The molecule has 0 radical (unpaired) electrons. The van der Waals surface area contributed by atoms with Crippen LogP contribution < -0.4 is 20.5 Å². The Morgan fingerprint density at radius 2 is 1.97 bits per heavy atom. The molecule has 3 aromatic heterocycles. The van der Waals surface area contributed by atoms with E-state index in [-0.39, 0.29) is 16.9 Å². The lowest BCUT2D eigenvalue weighted by Gasteiger charge is -2.29. The normalized spacial score (nSPS) is 13.7. The molecule has 1 aliphatic rings. The maximum atomic E-state index is 12.4. The highest BCUT2D eigenvalue weighted by Gasteiger charge is 2.31. The highest BCUT2D eigenvalue weighted by Crippen LogP contribution is 2.32. The summed E-state index contributed by atoms with van der Waals surface area (Å²) in [5.74, 6) is 0.196. The van der Waals surface area contributed by atoms with Gasteiger partial charge in [0.05, 0.1) is 16.9 Å². The van der Waals surface area contributed by atoms with Crippen molar-refractivity contribution in [3.05, 3.63) is 39.3 Å². The van der Waals surface area contributed by atoms with E-state index in [0.29, 0.717) is 12.4 Å². The van der Waals surface area contributed by atoms with Crippen LogP contribution in [0.2, 0.25) is 0 Å². The van der Waals surface area contributed by atoms with E-state index in [1.165, 1.54) is 29.9 Å². The second-order valence-corrected chi connectivity index (χ2v) is 8.77. The second-order valence-electron chi connectivity index (χ2n) is 7.59. The number of ether oxygens (including phenoxy) is 1. The molecule has 0 unspecified atom stereocenters. The molecule has 0 aromatic carbocycles. The Hall–Kier alpha value is -3.33. The number of nitriles is 1. The molecule has 182 valence electrons. The zero-order valence-electron chi connectivity index (χ0n) is 19.1. The van der Waals surface area contributed by atoms with E-state index in [0.717, 1.165) is 53.2 Å². The number of pyridine rings is 2. The lowest BCUT2D eigenvalue weighted by atomic mass is 10.1. The molecular weight excluding hydrogens is 469 g/mol. The van der Waals surface area contributed by atoms with Crippen LogP contribution in [0.3, 0.4) is 0 Å². The number of alkyl halides is 3. The van der Waals surface area contributed by atoms with Crippen LogP contribution >= 0.6 is 11.3 Å². The van der Waals surface area contributed by atoms with Gasteiger partial charge < -0.3 is 19.5 Å². The summed E-state index contributed by atoms with van der Waals surface area (Å²) in [6.07, 6.45) is -0.231. The van der Waals surface area contributed by atoms with Gasteiger partial charge in [-0.15, -0.1) is 24.5 Å². The number of aryl methyl sites for hydroxylation is 2. The Kier molecular flexibility index (Phi) is 7.98. The van der Waals surface area contributed by atoms with Crippen molar-refractivity contribution in [1.82, 2.24) is 14.5 Å². The van der Waals surface area contributed by atoms with E-state index >= 15 is 0 Å². The summed E-state index contributed by atoms with van der Waals surface area (Å²) < 4.78 is 40.4. The van der Waals surface area contributed by atoms with Gasteiger partial charge in [0.25, 0.3) is 5.56 Å². The van der Waals surface area contributed by atoms with Crippen LogP contribution in [-0.4, -0.2) is 40.5 Å². The summed E-state index contributed by atoms with van der Waals surface area (Å²) >= 11 is 1.51. The van der Waals surface area contributed by atoms with Crippen molar-refractivity contribution >= 4 is 33.2 Å². The molecule has 1 N–H and O–H groups in total. The Morgan fingerprint density at radius 1 is 1.26 bits per heavy atom. The van der Waals surface area contributed by atoms with Gasteiger partial charge >= 0.3 is 6.36 Å². The third kappa shape index (κ3) is 5.96. The fourth-order valence-electron chi connectivity index (χ4n) is 3.66. The maximum Gasteiger partial charge on any atom is 0.573 e. The number of aromatic nitrogens is 3. The topological polar surface area (TPSA) is 96.1 Å². The second kappa shape index (κ2) is 10.7. The highest BCUT2D eigenvalue weighted by atomic mass is 32.1. The molecule has 0 saturated carbocycles. The predicted molar refractivity (Wildman–Crippen MR) is 125 cm³/mol. The molecular formula is C22H25F3N6O2S. The summed E-state index contributed by atoms with van der Waals surface area (Å²) in [5, 5.41) is 13.2. The first kappa shape index (κ1) is 25.3. The molecule has 3 aromatic rings. The third-order valence-corrected chi connectivity index (χ3v) is 6.16. The quantitative estimate of drug-likeness (QED) is 0.567. The fraction of sp³-hybridized carbons (Fsp3) is 0.455. The van der Waals surface area contributed by atoms with Crippen LogP contribution in [0.25, 0.3) is 10.3 Å². The summed E-state index contributed by atoms with van der Waals surface area (Å²) in [6, 6.07) is 4.72. The third-order valence-electron chi connectivity index (χ3n) is 5.11. The van der Waals surface area contributed by atoms with Gasteiger partial charge in [-0.05, 0) is 45.2 Å². The maximum absolute atomic E-state index is 12.4. The van der Waals surface area contributed by atoms with Gasteiger partial charge in [-0.2, -0.15) is 5.26 Å². The van der Waals surface area contributed by atoms with E-state index in [4.69, 9.17) is 0 Å². The molecule has 34 heavy (non-hydrogen) atoms. The first-order chi connectivity index (χ1) is 16.1. The zero-order valence-corrected chi connectivity index (χ0v) is 19.9. The number of anilines is 2. The molecule has 0 amide bonds. The fourth-order valence-corrected chi connectivity index (χ4v) is 4.54. The summed E-state index contributed by atoms with van der Waals surface area (Å²) in [7, 11) is 1.71. The molecule has 1 aliphatic heterocycles. The minimum Gasteiger partial charge on any atom is -0.404 e. The Bertz CT molecular complexity index is 1230. The van der Waals surface area contributed by atoms with Crippen molar-refractivity contribution in [1.29, 1.82) is 5.26 Å². The van der Waals surface area contributed by atoms with Crippen molar-refractivity contribution in [2.24, 2.45) is 7.05 Å². The molecule has 1 saturated heterocycles. The Morgan fingerprint density at radius 3 is 2.53 bits per heavy atom.